The van der Waals surface area contributed by atoms with Gasteiger partial charge in [0.15, 0.2) is 0 Å². The molecular formula is C20H23N5O2. The molecule has 1 aliphatic rings. The first-order valence-corrected chi connectivity index (χ1v) is 9.41. The van der Waals surface area contributed by atoms with Crippen molar-refractivity contribution in [2.75, 3.05) is 26.2 Å². The van der Waals surface area contributed by atoms with Crippen LogP contribution in [0, 0.1) is 5.92 Å². The number of benzene rings is 1. The summed E-state index contributed by atoms with van der Waals surface area (Å²) in [4.78, 5) is 19.2. The SMILES string of the molecule is O=C(NCC1CCN(CCc2ccccn2)CC1)c1ccc2nonc2c1. The minimum atomic E-state index is -0.0718. The van der Waals surface area contributed by atoms with Crippen LogP contribution in [0.4, 0.5) is 0 Å². The second-order valence-electron chi connectivity index (χ2n) is 7.03. The summed E-state index contributed by atoms with van der Waals surface area (Å²) < 4.78 is 4.67. The molecule has 2 aromatic heterocycles. The van der Waals surface area contributed by atoms with Gasteiger partial charge in [0.1, 0.15) is 11.0 Å². The minimum absolute atomic E-state index is 0.0718. The topological polar surface area (TPSA) is 84.2 Å². The van der Waals surface area contributed by atoms with Crippen molar-refractivity contribution in [2.24, 2.45) is 5.92 Å². The van der Waals surface area contributed by atoms with Crippen molar-refractivity contribution >= 4 is 16.9 Å². The van der Waals surface area contributed by atoms with Crippen molar-refractivity contribution in [3.63, 3.8) is 0 Å². The first-order valence-electron chi connectivity index (χ1n) is 9.41. The number of rotatable bonds is 6. The molecular weight excluding hydrogens is 342 g/mol. The zero-order chi connectivity index (χ0) is 18.5. The van der Waals surface area contributed by atoms with E-state index in [4.69, 9.17) is 0 Å². The maximum absolute atomic E-state index is 12.4. The lowest BCUT2D eigenvalue weighted by Gasteiger charge is -2.31. The first-order chi connectivity index (χ1) is 13.3. The third-order valence-corrected chi connectivity index (χ3v) is 5.18. The number of piperidine rings is 1. The summed E-state index contributed by atoms with van der Waals surface area (Å²) in [6.45, 7) is 3.90. The molecule has 1 fully saturated rings. The molecule has 7 nitrogen and oxygen atoms in total. The minimum Gasteiger partial charge on any atom is -0.352 e. The smallest absolute Gasteiger partial charge is 0.251 e. The van der Waals surface area contributed by atoms with E-state index in [1.807, 2.05) is 18.3 Å². The van der Waals surface area contributed by atoms with Gasteiger partial charge in [-0.05, 0) is 72.5 Å². The van der Waals surface area contributed by atoms with Crippen LogP contribution < -0.4 is 5.32 Å². The Morgan fingerprint density at radius 1 is 1.15 bits per heavy atom. The van der Waals surface area contributed by atoms with Gasteiger partial charge in [-0.15, -0.1) is 0 Å². The van der Waals surface area contributed by atoms with E-state index in [-0.39, 0.29) is 5.91 Å². The zero-order valence-corrected chi connectivity index (χ0v) is 15.2. The van der Waals surface area contributed by atoms with Gasteiger partial charge in [0, 0.05) is 37.0 Å². The Balaban J connectivity index is 1.20. The predicted octanol–water partition coefficient (Wildman–Crippen LogP) is 2.30. The molecule has 1 N–H and O–H groups in total. The van der Waals surface area contributed by atoms with Crippen LogP contribution >= 0.6 is 0 Å². The zero-order valence-electron chi connectivity index (χ0n) is 15.2. The number of carbonyl (C=O) groups excluding carboxylic acids is 1. The van der Waals surface area contributed by atoms with Crippen LogP contribution in [0.25, 0.3) is 11.0 Å². The molecule has 4 rings (SSSR count). The monoisotopic (exact) mass is 365 g/mol. The summed E-state index contributed by atoms with van der Waals surface area (Å²) in [5.41, 5.74) is 2.99. The molecule has 0 saturated carbocycles. The molecule has 7 heteroatoms. The van der Waals surface area contributed by atoms with Gasteiger partial charge in [-0.3, -0.25) is 9.78 Å². The Morgan fingerprint density at radius 2 is 2.00 bits per heavy atom. The average molecular weight is 365 g/mol. The number of pyridine rings is 1. The first kappa shape index (κ1) is 17.6. The summed E-state index contributed by atoms with van der Waals surface area (Å²) in [5, 5.41) is 10.6. The van der Waals surface area contributed by atoms with E-state index in [9.17, 15) is 4.79 Å². The third kappa shape index (κ3) is 4.49. The van der Waals surface area contributed by atoms with Crippen LogP contribution in [-0.2, 0) is 6.42 Å². The van der Waals surface area contributed by atoms with Gasteiger partial charge in [0.25, 0.3) is 5.91 Å². The number of nitrogens with one attached hydrogen (secondary N) is 1. The molecule has 1 saturated heterocycles. The van der Waals surface area contributed by atoms with E-state index < -0.39 is 0 Å². The lowest BCUT2D eigenvalue weighted by atomic mass is 9.96. The fraction of sp³-hybridized carbons (Fsp3) is 0.400. The van der Waals surface area contributed by atoms with E-state index in [1.165, 1.54) is 0 Å². The number of hydrogen-bond acceptors (Lipinski definition) is 6. The Labute approximate surface area is 157 Å². The number of amides is 1. The molecule has 1 aromatic carbocycles. The van der Waals surface area contributed by atoms with Gasteiger partial charge in [-0.2, -0.15) is 0 Å². The highest BCUT2D eigenvalue weighted by atomic mass is 16.6. The van der Waals surface area contributed by atoms with Gasteiger partial charge in [0.05, 0.1) is 0 Å². The van der Waals surface area contributed by atoms with Crippen LogP contribution in [0.5, 0.6) is 0 Å². The summed E-state index contributed by atoms with van der Waals surface area (Å²) >= 11 is 0. The fourth-order valence-corrected chi connectivity index (χ4v) is 3.50. The van der Waals surface area contributed by atoms with Crippen molar-refractivity contribution in [1.29, 1.82) is 0 Å². The van der Waals surface area contributed by atoms with Crippen LogP contribution in [0.15, 0.2) is 47.2 Å². The molecule has 27 heavy (non-hydrogen) atoms. The van der Waals surface area contributed by atoms with Crippen molar-refractivity contribution in [3.8, 4) is 0 Å². The van der Waals surface area contributed by atoms with E-state index in [0.29, 0.717) is 29.1 Å². The number of fused-ring (bicyclic) bond motifs is 1. The van der Waals surface area contributed by atoms with Gasteiger partial charge in [0.2, 0.25) is 0 Å². The molecule has 0 atom stereocenters. The quantitative estimate of drug-likeness (QED) is 0.722. The number of likely N-dealkylation sites (tertiary alicyclic amines) is 1. The molecule has 0 bridgehead atoms. The highest BCUT2D eigenvalue weighted by Gasteiger charge is 2.20. The van der Waals surface area contributed by atoms with Crippen LogP contribution in [0.1, 0.15) is 28.9 Å². The molecule has 140 valence electrons. The lowest BCUT2D eigenvalue weighted by molar-refractivity contribution is 0.0936. The summed E-state index contributed by atoms with van der Waals surface area (Å²) in [6, 6.07) is 11.3. The van der Waals surface area contributed by atoms with Crippen molar-refractivity contribution in [3.05, 3.63) is 53.9 Å². The van der Waals surface area contributed by atoms with Crippen LogP contribution in [0.2, 0.25) is 0 Å². The Morgan fingerprint density at radius 3 is 2.81 bits per heavy atom. The number of nitrogens with zero attached hydrogens (tertiary/aromatic N) is 4. The van der Waals surface area contributed by atoms with Crippen molar-refractivity contribution in [1.82, 2.24) is 25.5 Å². The number of hydrogen-bond donors (Lipinski definition) is 1. The summed E-state index contributed by atoms with van der Waals surface area (Å²) in [5.74, 6) is 0.454. The second-order valence-corrected chi connectivity index (χ2v) is 7.03. The number of carbonyl (C=O) groups is 1. The van der Waals surface area contributed by atoms with Gasteiger partial charge < -0.3 is 10.2 Å². The van der Waals surface area contributed by atoms with Gasteiger partial charge >= 0.3 is 0 Å². The molecule has 3 heterocycles. The Hall–Kier alpha value is -2.80. The third-order valence-electron chi connectivity index (χ3n) is 5.18. The Kier molecular flexibility index (Phi) is 5.39. The maximum Gasteiger partial charge on any atom is 0.251 e. The van der Waals surface area contributed by atoms with Crippen LogP contribution in [-0.4, -0.2) is 52.3 Å². The normalized spacial score (nSPS) is 15.9. The average Bonchev–Trinajstić information content (AvgIpc) is 3.20. The van der Waals surface area contributed by atoms with Crippen LogP contribution in [0.3, 0.4) is 0 Å². The van der Waals surface area contributed by atoms with E-state index in [1.54, 1.807) is 18.2 Å². The fourth-order valence-electron chi connectivity index (χ4n) is 3.50. The predicted molar refractivity (Wildman–Crippen MR) is 101 cm³/mol. The van der Waals surface area contributed by atoms with E-state index in [2.05, 4.69) is 36.2 Å². The largest absolute Gasteiger partial charge is 0.352 e. The molecule has 0 aliphatic carbocycles. The molecule has 0 unspecified atom stereocenters. The molecule has 1 amide bonds. The van der Waals surface area contributed by atoms with Crippen molar-refractivity contribution < 1.29 is 9.42 Å². The maximum atomic E-state index is 12.4. The standard InChI is InChI=1S/C20H23N5O2/c26-20(16-4-5-18-19(13-16)24-27-23-18)22-14-15-6-10-25(11-7-15)12-8-17-3-1-2-9-21-17/h1-5,9,13,15H,6-8,10-12,14H2,(H,22,26). The van der Waals surface area contributed by atoms with Crippen molar-refractivity contribution in [2.45, 2.75) is 19.3 Å². The van der Waals surface area contributed by atoms with E-state index >= 15 is 0 Å². The lowest BCUT2D eigenvalue weighted by Crippen LogP contribution is -2.39. The molecule has 0 spiro atoms. The van der Waals surface area contributed by atoms with Gasteiger partial charge in [-0.25, -0.2) is 4.63 Å². The van der Waals surface area contributed by atoms with E-state index in [0.717, 1.165) is 44.6 Å². The highest BCUT2D eigenvalue weighted by molar-refractivity contribution is 5.97. The molecule has 1 aliphatic heterocycles. The summed E-state index contributed by atoms with van der Waals surface area (Å²) in [7, 11) is 0. The summed E-state index contributed by atoms with van der Waals surface area (Å²) in [6.07, 6.45) is 5.05. The Bertz CT molecular complexity index is 888. The van der Waals surface area contributed by atoms with Gasteiger partial charge in [-0.1, -0.05) is 6.07 Å². The molecule has 0 radical (unpaired) electrons. The highest BCUT2D eigenvalue weighted by Crippen LogP contribution is 2.17. The molecule has 3 aromatic rings. The second kappa shape index (κ2) is 8.26. The number of aromatic nitrogens is 3.